The van der Waals surface area contributed by atoms with Crippen LogP contribution in [0, 0.1) is 17.3 Å². The summed E-state index contributed by atoms with van der Waals surface area (Å²) in [6, 6.07) is 6.99. The van der Waals surface area contributed by atoms with E-state index in [9.17, 15) is 22.8 Å². The first-order valence-corrected chi connectivity index (χ1v) is 17.1. The Balaban J connectivity index is 1.43. The van der Waals surface area contributed by atoms with Crippen molar-refractivity contribution in [1.29, 1.82) is 0 Å². The molecule has 5 rings (SSSR count). The molecule has 2 aromatic carbocycles. The van der Waals surface area contributed by atoms with Gasteiger partial charge in [-0.05, 0) is 55.4 Å². The largest absolute Gasteiger partial charge is 0.391 e. The lowest BCUT2D eigenvalue weighted by atomic mass is 9.81. The first-order chi connectivity index (χ1) is 23.4. The molecule has 1 aliphatic rings. The Hall–Kier alpha value is -4.04. The average Bonchev–Trinajstić information content (AvgIpc) is 3.60. The highest BCUT2D eigenvalue weighted by atomic mass is 35.5. The SMILES string of the molecule is CN(Cc1ncnn1C)c1cc2c(cc1C(=O)NCC1CCC(C(F)(F)F)CC1)nc(Nc1c(Cl)ccc(CNC(=O)C(C)(C)C)c1Cl)n2C. The molecule has 50 heavy (non-hydrogen) atoms. The minimum absolute atomic E-state index is 0.0428. The molecule has 1 saturated carbocycles. The van der Waals surface area contributed by atoms with Crippen LogP contribution in [-0.4, -0.2) is 55.9 Å². The number of carbonyl (C=O) groups excluding carboxylic acids is 2. The lowest BCUT2D eigenvalue weighted by molar-refractivity contribution is -0.183. The average molecular weight is 737 g/mol. The normalized spacial score (nSPS) is 16.8. The number of anilines is 3. The number of nitrogens with one attached hydrogen (secondary N) is 3. The molecule has 16 heteroatoms. The minimum atomic E-state index is -4.19. The maximum Gasteiger partial charge on any atom is 0.391 e. The third-order valence-corrected chi connectivity index (χ3v) is 9.97. The zero-order chi connectivity index (χ0) is 36.5. The summed E-state index contributed by atoms with van der Waals surface area (Å²) < 4.78 is 43.0. The van der Waals surface area contributed by atoms with Gasteiger partial charge in [0.05, 0.1) is 50.5 Å². The second-order valence-electron chi connectivity index (χ2n) is 13.9. The summed E-state index contributed by atoms with van der Waals surface area (Å²) in [6.07, 6.45) is -1.82. The van der Waals surface area contributed by atoms with Crippen molar-refractivity contribution in [3.8, 4) is 0 Å². The predicted molar refractivity (Wildman–Crippen MR) is 189 cm³/mol. The first kappa shape index (κ1) is 37.2. The quantitative estimate of drug-likeness (QED) is 0.158. The van der Waals surface area contributed by atoms with Crippen molar-refractivity contribution in [3.05, 3.63) is 57.6 Å². The summed E-state index contributed by atoms with van der Waals surface area (Å²) >= 11 is 13.4. The van der Waals surface area contributed by atoms with E-state index in [1.165, 1.54) is 6.33 Å². The Labute approximate surface area is 298 Å². The molecule has 0 atom stereocenters. The van der Waals surface area contributed by atoms with E-state index in [2.05, 4.69) is 26.0 Å². The molecule has 0 spiro atoms. The zero-order valence-corrected chi connectivity index (χ0v) is 30.4. The second-order valence-corrected chi connectivity index (χ2v) is 14.7. The van der Waals surface area contributed by atoms with Crippen molar-refractivity contribution >= 4 is 63.4 Å². The fourth-order valence-corrected chi connectivity index (χ4v) is 6.55. The van der Waals surface area contributed by atoms with E-state index in [-0.39, 0.29) is 43.7 Å². The second kappa shape index (κ2) is 14.7. The van der Waals surface area contributed by atoms with Crippen LogP contribution < -0.4 is 20.9 Å². The number of aromatic nitrogens is 5. The summed E-state index contributed by atoms with van der Waals surface area (Å²) in [7, 11) is 5.43. The minimum Gasteiger partial charge on any atom is -0.366 e. The van der Waals surface area contributed by atoms with E-state index in [4.69, 9.17) is 28.2 Å². The first-order valence-electron chi connectivity index (χ1n) is 16.4. The molecule has 0 unspecified atom stereocenters. The van der Waals surface area contributed by atoms with Crippen LogP contribution in [0.25, 0.3) is 11.0 Å². The van der Waals surface area contributed by atoms with Gasteiger partial charge < -0.3 is 25.4 Å². The summed E-state index contributed by atoms with van der Waals surface area (Å²) in [6.45, 7) is 6.29. The Kier molecular flexibility index (Phi) is 10.9. The molecular formula is C34H42Cl2F3N9O2. The van der Waals surface area contributed by atoms with Gasteiger partial charge in [0, 0.05) is 39.6 Å². The number of nitrogens with zero attached hydrogens (tertiary/aromatic N) is 6. The van der Waals surface area contributed by atoms with Crippen LogP contribution in [0.5, 0.6) is 0 Å². The van der Waals surface area contributed by atoms with E-state index in [0.29, 0.717) is 74.7 Å². The van der Waals surface area contributed by atoms with Gasteiger partial charge in [-0.15, -0.1) is 0 Å². The molecule has 2 aromatic heterocycles. The topological polar surface area (TPSA) is 122 Å². The number of fused-ring (bicyclic) bond motifs is 1. The number of amides is 2. The van der Waals surface area contributed by atoms with Gasteiger partial charge in [-0.1, -0.05) is 50.0 Å². The summed E-state index contributed by atoms with van der Waals surface area (Å²) in [4.78, 5) is 37.2. The van der Waals surface area contributed by atoms with E-state index in [1.807, 2.05) is 50.4 Å². The number of hydrogen-bond acceptors (Lipinski definition) is 7. The van der Waals surface area contributed by atoms with Crippen molar-refractivity contribution in [1.82, 2.24) is 34.9 Å². The molecule has 0 bridgehead atoms. The van der Waals surface area contributed by atoms with Crippen molar-refractivity contribution in [2.24, 2.45) is 31.3 Å². The van der Waals surface area contributed by atoms with E-state index >= 15 is 0 Å². The van der Waals surface area contributed by atoms with Crippen molar-refractivity contribution in [3.63, 3.8) is 0 Å². The smallest absolute Gasteiger partial charge is 0.366 e. The number of imidazole rings is 1. The van der Waals surface area contributed by atoms with Gasteiger partial charge in [0.2, 0.25) is 11.9 Å². The third kappa shape index (κ3) is 8.28. The number of aryl methyl sites for hydroxylation is 2. The van der Waals surface area contributed by atoms with E-state index < -0.39 is 17.5 Å². The molecule has 1 aliphatic carbocycles. The summed E-state index contributed by atoms with van der Waals surface area (Å²) in [5, 5.41) is 13.9. The van der Waals surface area contributed by atoms with Crippen LogP contribution in [0.4, 0.5) is 30.5 Å². The molecule has 4 aromatic rings. The number of alkyl halides is 3. The number of rotatable bonds is 10. The van der Waals surface area contributed by atoms with Crippen molar-refractivity contribution in [2.45, 2.75) is 65.7 Å². The Morgan fingerprint density at radius 2 is 1.74 bits per heavy atom. The number of halogens is 5. The fraction of sp³-hybridized carbons (Fsp3) is 0.500. The molecule has 0 radical (unpaired) electrons. The standard InChI is InChI=1S/C34H42Cl2F3N9O2/c1-33(2,3)31(50)41-16-20-9-12-23(35)29(28(20)36)45-32-44-24-13-22(30(49)40-15-19-7-10-21(11-8-19)34(37,38)39)25(14-26(24)47(32)5)46(4)17-27-42-18-43-48(27)6/h9,12-14,18-19,21H,7-8,10-11,15-17H2,1-6H3,(H,40,49)(H,41,50)(H,44,45). The van der Waals surface area contributed by atoms with Gasteiger partial charge in [-0.25, -0.2) is 9.97 Å². The Morgan fingerprint density at radius 3 is 2.36 bits per heavy atom. The monoisotopic (exact) mass is 735 g/mol. The molecule has 0 aliphatic heterocycles. The van der Waals surface area contributed by atoms with Gasteiger partial charge in [0.1, 0.15) is 12.2 Å². The molecule has 1 fully saturated rings. The number of hydrogen-bond donors (Lipinski definition) is 3. The lowest BCUT2D eigenvalue weighted by Gasteiger charge is -2.30. The Morgan fingerprint density at radius 1 is 1.04 bits per heavy atom. The highest BCUT2D eigenvalue weighted by Crippen LogP contribution is 2.40. The van der Waals surface area contributed by atoms with Crippen LogP contribution >= 0.6 is 23.2 Å². The maximum absolute atomic E-state index is 13.8. The highest BCUT2D eigenvalue weighted by molar-refractivity contribution is 6.39. The van der Waals surface area contributed by atoms with Gasteiger partial charge in [0.25, 0.3) is 5.91 Å². The van der Waals surface area contributed by atoms with Crippen LogP contribution in [0.3, 0.4) is 0 Å². The number of carbonyl (C=O) groups is 2. The Bertz CT molecular complexity index is 1880. The van der Waals surface area contributed by atoms with Gasteiger partial charge in [-0.2, -0.15) is 18.3 Å². The molecule has 11 nitrogen and oxygen atoms in total. The van der Waals surface area contributed by atoms with Crippen LogP contribution in [0.2, 0.25) is 10.0 Å². The van der Waals surface area contributed by atoms with Crippen molar-refractivity contribution in [2.75, 3.05) is 23.8 Å². The lowest BCUT2D eigenvalue weighted by Crippen LogP contribution is -2.34. The summed E-state index contributed by atoms with van der Waals surface area (Å²) in [5.41, 5.74) is 2.67. The zero-order valence-electron chi connectivity index (χ0n) is 28.9. The van der Waals surface area contributed by atoms with Gasteiger partial charge >= 0.3 is 6.18 Å². The van der Waals surface area contributed by atoms with Crippen LogP contribution in [0.1, 0.15) is 68.2 Å². The number of benzene rings is 2. The molecule has 270 valence electrons. The van der Waals surface area contributed by atoms with Crippen molar-refractivity contribution < 1.29 is 22.8 Å². The molecule has 2 heterocycles. The highest BCUT2D eigenvalue weighted by Gasteiger charge is 2.41. The fourth-order valence-electron chi connectivity index (χ4n) is 6.02. The third-order valence-electron chi connectivity index (χ3n) is 9.23. The summed E-state index contributed by atoms with van der Waals surface area (Å²) in [5.74, 6) is -0.732. The predicted octanol–water partition coefficient (Wildman–Crippen LogP) is 7.15. The van der Waals surface area contributed by atoms with Gasteiger partial charge in [0.15, 0.2) is 0 Å². The molecular weight excluding hydrogens is 694 g/mol. The molecule has 3 N–H and O–H groups in total. The van der Waals surface area contributed by atoms with Gasteiger partial charge in [-0.3, -0.25) is 14.3 Å². The van der Waals surface area contributed by atoms with Crippen LogP contribution in [0.15, 0.2) is 30.6 Å². The van der Waals surface area contributed by atoms with E-state index in [0.717, 1.165) is 0 Å². The van der Waals surface area contributed by atoms with E-state index in [1.54, 1.807) is 29.9 Å². The maximum atomic E-state index is 13.8. The molecule has 0 saturated heterocycles. The van der Waals surface area contributed by atoms with Crippen LogP contribution in [-0.2, 0) is 32.0 Å². The molecule has 2 amide bonds.